The number of carbonyl (C=O) groups excluding carboxylic acids is 1. The smallest absolute Gasteiger partial charge is 0.355 e. The van der Waals surface area contributed by atoms with E-state index >= 15 is 0 Å². The van der Waals surface area contributed by atoms with E-state index in [4.69, 9.17) is 4.74 Å². The van der Waals surface area contributed by atoms with Gasteiger partial charge >= 0.3 is 5.97 Å². The van der Waals surface area contributed by atoms with Gasteiger partial charge in [0.15, 0.2) is 0 Å². The summed E-state index contributed by atoms with van der Waals surface area (Å²) in [4.78, 5) is 15.5. The fourth-order valence-corrected chi connectivity index (χ4v) is 4.20. The Labute approximate surface area is 152 Å². The van der Waals surface area contributed by atoms with Crippen molar-refractivity contribution in [1.82, 2.24) is 4.98 Å². The number of thiophene rings is 1. The van der Waals surface area contributed by atoms with E-state index in [1.807, 2.05) is 13.0 Å². The molecule has 0 unspecified atom stereocenters. The summed E-state index contributed by atoms with van der Waals surface area (Å²) in [7, 11) is 2.31. The zero-order valence-electron chi connectivity index (χ0n) is 13.2. The van der Waals surface area contributed by atoms with Crippen LogP contribution in [-0.4, -0.2) is 42.2 Å². The number of nitrogens with one attached hydrogen (secondary N) is 1. The lowest BCUT2D eigenvalue weighted by Gasteiger charge is -2.37. The highest BCUT2D eigenvalue weighted by Crippen LogP contribution is 2.32. The molecule has 1 aliphatic heterocycles. The third-order valence-corrected chi connectivity index (χ3v) is 5.39. The molecule has 1 saturated heterocycles. The number of likely N-dealkylation sites (tertiary alicyclic amines) is 1. The minimum atomic E-state index is -0.223. The Morgan fingerprint density at radius 1 is 1.36 bits per heavy atom. The Bertz CT molecular complexity index is 644. The zero-order valence-corrected chi connectivity index (χ0v) is 16.1. The molecule has 122 valence electrons. The van der Waals surface area contributed by atoms with Gasteiger partial charge in [0.1, 0.15) is 12.2 Å². The molecular weight excluding hydrogens is 411 g/mol. The van der Waals surface area contributed by atoms with Crippen LogP contribution in [0.3, 0.4) is 0 Å². The third-order valence-electron chi connectivity index (χ3n) is 4.42. The van der Waals surface area contributed by atoms with Crippen molar-refractivity contribution in [2.75, 3.05) is 26.7 Å². The number of aromatic amines is 1. The van der Waals surface area contributed by atoms with Crippen molar-refractivity contribution in [3.8, 4) is 0 Å². The van der Waals surface area contributed by atoms with E-state index in [-0.39, 0.29) is 29.9 Å². The maximum atomic E-state index is 12.2. The Kier molecular flexibility index (Phi) is 5.90. The summed E-state index contributed by atoms with van der Waals surface area (Å²) in [5.41, 5.74) is 2.85. The topological polar surface area (TPSA) is 42.1 Å². The number of hydrogen-bond acceptors (Lipinski definition) is 3. The largest absolute Gasteiger partial charge is 1.00 e. The summed E-state index contributed by atoms with van der Waals surface area (Å²) in [5, 5.41) is 2.08. The minimum absolute atomic E-state index is 0. The van der Waals surface area contributed by atoms with Gasteiger partial charge in [-0.15, -0.1) is 11.3 Å². The van der Waals surface area contributed by atoms with Crippen molar-refractivity contribution >= 4 is 27.5 Å². The molecule has 3 heterocycles. The van der Waals surface area contributed by atoms with Gasteiger partial charge < -0.3 is 38.2 Å². The van der Waals surface area contributed by atoms with Gasteiger partial charge in [-0.1, -0.05) is 0 Å². The molecule has 3 rings (SSSR count). The van der Waals surface area contributed by atoms with Crippen molar-refractivity contribution in [1.29, 1.82) is 0 Å². The van der Waals surface area contributed by atoms with Crippen molar-refractivity contribution < 1.29 is 38.0 Å². The molecule has 0 saturated carbocycles. The quantitative estimate of drug-likeness (QED) is 0.434. The molecule has 1 N–H and O–H groups in total. The van der Waals surface area contributed by atoms with Gasteiger partial charge in [0.25, 0.3) is 0 Å². The highest BCUT2D eigenvalue weighted by molar-refractivity contribution is 7.17. The second-order valence-electron chi connectivity index (χ2n) is 6.15. The fraction of sp³-hybridized carbons (Fsp3) is 0.562. The summed E-state index contributed by atoms with van der Waals surface area (Å²) < 4.78 is 7.45. The van der Waals surface area contributed by atoms with Gasteiger partial charge in [0.2, 0.25) is 0 Å². The number of piperidine rings is 1. The summed E-state index contributed by atoms with van der Waals surface area (Å²) in [6.45, 7) is 5.56. The second-order valence-corrected chi connectivity index (χ2v) is 7.06. The average Bonchev–Trinajstić information content (AvgIpc) is 3.02. The van der Waals surface area contributed by atoms with Crippen LogP contribution >= 0.6 is 11.3 Å². The van der Waals surface area contributed by atoms with Crippen LogP contribution in [0.15, 0.2) is 11.4 Å². The Balaban J connectivity index is 0.00000176. The SMILES string of the molecule is CCOC(=O)c1[nH]c2ccsc2c1C[N+]1(C)CCCCC1.[I-]. The van der Waals surface area contributed by atoms with Gasteiger partial charge in [0.05, 0.1) is 42.5 Å². The van der Waals surface area contributed by atoms with Crippen LogP contribution in [0.4, 0.5) is 0 Å². The second kappa shape index (κ2) is 7.31. The summed E-state index contributed by atoms with van der Waals surface area (Å²) in [5.74, 6) is -0.223. The van der Waals surface area contributed by atoms with Crippen LogP contribution in [-0.2, 0) is 11.3 Å². The van der Waals surface area contributed by atoms with Gasteiger partial charge in [-0.05, 0) is 37.6 Å². The molecule has 2 aromatic rings. The molecule has 0 aromatic carbocycles. The fourth-order valence-electron chi connectivity index (χ4n) is 3.31. The molecule has 0 radical (unpaired) electrons. The van der Waals surface area contributed by atoms with Crippen LogP contribution in [0.2, 0.25) is 0 Å². The maximum Gasteiger partial charge on any atom is 0.355 e. The molecule has 0 atom stereocenters. The first kappa shape index (κ1) is 17.7. The van der Waals surface area contributed by atoms with Crippen molar-refractivity contribution in [2.45, 2.75) is 32.7 Å². The number of carbonyl (C=O) groups is 1. The number of rotatable bonds is 4. The highest BCUT2D eigenvalue weighted by atomic mass is 127. The van der Waals surface area contributed by atoms with Crippen molar-refractivity contribution in [3.05, 3.63) is 22.7 Å². The molecular formula is C16H23IN2O2S. The number of H-pyrrole nitrogens is 1. The van der Waals surface area contributed by atoms with E-state index in [0.29, 0.717) is 12.3 Å². The van der Waals surface area contributed by atoms with Crippen molar-refractivity contribution in [3.63, 3.8) is 0 Å². The summed E-state index contributed by atoms with van der Waals surface area (Å²) >= 11 is 1.71. The lowest BCUT2D eigenvalue weighted by atomic mass is 10.1. The number of nitrogens with zero attached hydrogens (tertiary/aromatic N) is 1. The van der Waals surface area contributed by atoms with E-state index in [2.05, 4.69) is 17.4 Å². The predicted molar refractivity (Wildman–Crippen MR) is 85.6 cm³/mol. The third kappa shape index (κ3) is 3.49. The summed E-state index contributed by atoms with van der Waals surface area (Å²) in [6, 6.07) is 2.04. The van der Waals surface area contributed by atoms with Gasteiger partial charge in [-0.25, -0.2) is 4.79 Å². The van der Waals surface area contributed by atoms with Crippen LogP contribution in [0, 0.1) is 0 Å². The maximum absolute atomic E-state index is 12.2. The van der Waals surface area contributed by atoms with E-state index < -0.39 is 0 Å². The number of hydrogen-bond donors (Lipinski definition) is 1. The average molecular weight is 434 g/mol. The van der Waals surface area contributed by atoms with E-state index in [9.17, 15) is 4.79 Å². The lowest BCUT2D eigenvalue weighted by molar-refractivity contribution is -0.926. The first-order chi connectivity index (χ1) is 10.1. The van der Waals surface area contributed by atoms with E-state index in [1.54, 1.807) is 11.3 Å². The van der Waals surface area contributed by atoms with E-state index in [0.717, 1.165) is 22.1 Å². The monoisotopic (exact) mass is 434 g/mol. The van der Waals surface area contributed by atoms with Gasteiger partial charge in [-0.3, -0.25) is 0 Å². The van der Waals surface area contributed by atoms with Crippen LogP contribution in [0.1, 0.15) is 42.2 Å². The van der Waals surface area contributed by atoms with Crippen molar-refractivity contribution in [2.24, 2.45) is 0 Å². The molecule has 2 aromatic heterocycles. The standard InChI is InChI=1S/C16H22N2O2S.HI/c1-3-20-16(19)14-12(15-13(17-14)7-10-21-15)11-18(2)8-5-4-6-9-18;/h7,10H,3-6,8-9,11H2,1-2H3;1H. The van der Waals surface area contributed by atoms with Crippen LogP contribution in [0.5, 0.6) is 0 Å². The predicted octanol–water partition coefficient (Wildman–Crippen LogP) is 0.541. The number of ether oxygens (including phenoxy) is 1. The minimum Gasteiger partial charge on any atom is -1.00 e. The Morgan fingerprint density at radius 2 is 2.09 bits per heavy atom. The molecule has 1 aliphatic rings. The Hall–Kier alpha value is -0.600. The first-order valence-corrected chi connectivity index (χ1v) is 8.59. The first-order valence-electron chi connectivity index (χ1n) is 7.72. The van der Waals surface area contributed by atoms with E-state index in [1.165, 1.54) is 37.1 Å². The van der Waals surface area contributed by atoms with Gasteiger partial charge in [0, 0.05) is 0 Å². The number of quaternary nitrogens is 1. The molecule has 0 bridgehead atoms. The molecule has 6 heteroatoms. The number of fused-ring (bicyclic) bond motifs is 1. The molecule has 0 amide bonds. The molecule has 0 spiro atoms. The molecule has 22 heavy (non-hydrogen) atoms. The Morgan fingerprint density at radius 3 is 2.77 bits per heavy atom. The molecule has 1 fully saturated rings. The molecule has 0 aliphatic carbocycles. The molecule has 4 nitrogen and oxygen atoms in total. The van der Waals surface area contributed by atoms with Crippen LogP contribution in [0.25, 0.3) is 10.2 Å². The van der Waals surface area contributed by atoms with Gasteiger partial charge in [-0.2, -0.15) is 0 Å². The lowest BCUT2D eigenvalue weighted by Crippen LogP contribution is -3.00. The zero-order chi connectivity index (χ0) is 14.9. The number of aromatic nitrogens is 1. The number of esters is 1. The number of halogens is 1. The summed E-state index contributed by atoms with van der Waals surface area (Å²) in [6.07, 6.45) is 3.90. The highest BCUT2D eigenvalue weighted by Gasteiger charge is 2.30. The van der Waals surface area contributed by atoms with Crippen LogP contribution < -0.4 is 24.0 Å². The normalized spacial score (nSPS) is 17.2.